The summed E-state index contributed by atoms with van der Waals surface area (Å²) in [5.41, 5.74) is 3.16. The number of benzene rings is 1. The molecule has 0 bridgehead atoms. The van der Waals surface area contributed by atoms with E-state index >= 15 is 0 Å². The van der Waals surface area contributed by atoms with E-state index in [0.29, 0.717) is 23.4 Å². The third-order valence-corrected chi connectivity index (χ3v) is 3.78. The minimum atomic E-state index is -0.360. The fraction of sp³-hybridized carbons (Fsp3) is 0.190. The first-order valence-electron chi connectivity index (χ1n) is 8.34. The Labute approximate surface area is 152 Å². The van der Waals surface area contributed by atoms with Gasteiger partial charge in [0, 0.05) is 23.4 Å². The fourth-order valence-corrected chi connectivity index (χ4v) is 2.61. The molecule has 0 amide bonds. The molecule has 130 valence electrons. The molecular formula is C21H19FN4. The van der Waals surface area contributed by atoms with Crippen molar-refractivity contribution in [2.45, 2.75) is 26.3 Å². The van der Waals surface area contributed by atoms with E-state index in [1.807, 2.05) is 32.0 Å². The van der Waals surface area contributed by atoms with Gasteiger partial charge in [-0.25, -0.2) is 9.37 Å². The van der Waals surface area contributed by atoms with Crippen LogP contribution in [-0.4, -0.2) is 21.0 Å². The lowest BCUT2D eigenvalue weighted by Gasteiger charge is -2.14. The molecule has 5 heteroatoms. The number of hydrogen-bond acceptors (Lipinski definition) is 4. The van der Waals surface area contributed by atoms with Crippen molar-refractivity contribution >= 4 is 5.82 Å². The molecule has 0 aliphatic heterocycles. The van der Waals surface area contributed by atoms with Crippen LogP contribution in [0.5, 0.6) is 0 Å². The molecule has 3 aromatic rings. The van der Waals surface area contributed by atoms with Gasteiger partial charge in [-0.1, -0.05) is 6.07 Å². The van der Waals surface area contributed by atoms with E-state index in [4.69, 9.17) is 6.42 Å². The maximum Gasteiger partial charge on any atom is 0.134 e. The molecule has 2 heterocycles. The lowest BCUT2D eigenvalue weighted by atomic mass is 10.0. The first-order valence-corrected chi connectivity index (χ1v) is 8.34. The van der Waals surface area contributed by atoms with Gasteiger partial charge < -0.3 is 5.32 Å². The van der Waals surface area contributed by atoms with E-state index in [9.17, 15) is 4.39 Å². The van der Waals surface area contributed by atoms with Gasteiger partial charge in [0.2, 0.25) is 0 Å². The van der Waals surface area contributed by atoms with Gasteiger partial charge in [0.25, 0.3) is 0 Å². The van der Waals surface area contributed by atoms with Crippen molar-refractivity contribution in [2.24, 2.45) is 0 Å². The van der Waals surface area contributed by atoms with Crippen LogP contribution in [0, 0.1) is 18.2 Å². The lowest BCUT2D eigenvalue weighted by molar-refractivity contribution is 0.631. The molecule has 2 aromatic heterocycles. The summed E-state index contributed by atoms with van der Waals surface area (Å²) in [6.07, 6.45) is 10.5. The molecule has 4 nitrogen and oxygen atoms in total. The van der Waals surface area contributed by atoms with Gasteiger partial charge in [0.05, 0.1) is 30.2 Å². The van der Waals surface area contributed by atoms with E-state index in [-0.39, 0.29) is 11.9 Å². The molecule has 0 fully saturated rings. The van der Waals surface area contributed by atoms with Crippen molar-refractivity contribution in [2.75, 3.05) is 5.32 Å². The molecule has 0 spiro atoms. The molecule has 0 saturated heterocycles. The number of hydrogen-bond donors (Lipinski definition) is 1. The smallest absolute Gasteiger partial charge is 0.134 e. The average molecular weight is 346 g/mol. The van der Waals surface area contributed by atoms with Gasteiger partial charge >= 0.3 is 0 Å². The second-order valence-corrected chi connectivity index (χ2v) is 6.17. The van der Waals surface area contributed by atoms with Crippen LogP contribution in [0.4, 0.5) is 10.2 Å². The molecule has 1 aromatic carbocycles. The Hall–Kier alpha value is -3.26. The van der Waals surface area contributed by atoms with E-state index in [1.165, 1.54) is 6.07 Å². The molecule has 0 aliphatic carbocycles. The number of anilines is 1. The Morgan fingerprint density at radius 1 is 1.12 bits per heavy atom. The van der Waals surface area contributed by atoms with Crippen LogP contribution in [0.15, 0.2) is 48.9 Å². The SMILES string of the molecule is C#CCc1cnc(-c2ccc(-c3cccnc3NC(C)C)cc2F)cn1. The highest BCUT2D eigenvalue weighted by atomic mass is 19.1. The van der Waals surface area contributed by atoms with Gasteiger partial charge in [0.15, 0.2) is 0 Å². The molecule has 0 radical (unpaired) electrons. The maximum absolute atomic E-state index is 14.7. The van der Waals surface area contributed by atoms with Crippen molar-refractivity contribution in [1.29, 1.82) is 0 Å². The van der Waals surface area contributed by atoms with E-state index < -0.39 is 0 Å². The molecule has 3 rings (SSSR count). The van der Waals surface area contributed by atoms with Crippen LogP contribution in [-0.2, 0) is 6.42 Å². The summed E-state index contributed by atoms with van der Waals surface area (Å²) in [5, 5.41) is 3.28. The Morgan fingerprint density at radius 2 is 1.96 bits per heavy atom. The number of nitrogens with one attached hydrogen (secondary N) is 1. The monoisotopic (exact) mass is 346 g/mol. The Bertz CT molecular complexity index is 943. The van der Waals surface area contributed by atoms with Gasteiger partial charge in [-0.2, -0.15) is 0 Å². The first kappa shape index (κ1) is 17.6. The highest BCUT2D eigenvalue weighted by Gasteiger charge is 2.12. The zero-order chi connectivity index (χ0) is 18.5. The molecular weight excluding hydrogens is 327 g/mol. The first-order chi connectivity index (χ1) is 12.6. The molecule has 26 heavy (non-hydrogen) atoms. The van der Waals surface area contributed by atoms with Gasteiger partial charge in [-0.05, 0) is 43.7 Å². The molecule has 0 unspecified atom stereocenters. The van der Waals surface area contributed by atoms with E-state index in [0.717, 1.165) is 16.9 Å². The average Bonchev–Trinajstić information content (AvgIpc) is 2.63. The van der Waals surface area contributed by atoms with Crippen molar-refractivity contribution in [3.05, 3.63) is 60.4 Å². The summed E-state index contributed by atoms with van der Waals surface area (Å²) in [4.78, 5) is 12.8. The second-order valence-electron chi connectivity index (χ2n) is 6.17. The minimum absolute atomic E-state index is 0.226. The number of pyridine rings is 1. The maximum atomic E-state index is 14.7. The Kier molecular flexibility index (Phi) is 5.23. The summed E-state index contributed by atoms with van der Waals surface area (Å²) in [5.74, 6) is 2.88. The summed E-state index contributed by atoms with van der Waals surface area (Å²) in [6, 6.07) is 9.04. The van der Waals surface area contributed by atoms with E-state index in [1.54, 1.807) is 24.7 Å². The summed E-state index contributed by atoms with van der Waals surface area (Å²) >= 11 is 0. The number of halogens is 1. The predicted molar refractivity (Wildman–Crippen MR) is 102 cm³/mol. The van der Waals surface area contributed by atoms with Crippen molar-refractivity contribution < 1.29 is 4.39 Å². The molecule has 0 atom stereocenters. The summed E-state index contributed by atoms with van der Waals surface area (Å²) in [7, 11) is 0. The lowest BCUT2D eigenvalue weighted by Crippen LogP contribution is -2.11. The van der Waals surface area contributed by atoms with Crippen LogP contribution in [0.3, 0.4) is 0 Å². The van der Waals surface area contributed by atoms with E-state index in [2.05, 4.69) is 26.2 Å². The predicted octanol–water partition coefficient (Wildman–Crippen LogP) is 4.34. The number of nitrogens with zero attached hydrogens (tertiary/aromatic N) is 3. The Morgan fingerprint density at radius 3 is 2.62 bits per heavy atom. The van der Waals surface area contributed by atoms with Crippen LogP contribution in [0.25, 0.3) is 22.4 Å². The van der Waals surface area contributed by atoms with Gasteiger partial charge in [0.1, 0.15) is 11.6 Å². The number of rotatable bonds is 5. The Balaban J connectivity index is 1.95. The molecule has 0 saturated carbocycles. The van der Waals surface area contributed by atoms with Crippen LogP contribution in [0.1, 0.15) is 19.5 Å². The summed E-state index contributed by atoms with van der Waals surface area (Å²) in [6.45, 7) is 4.06. The minimum Gasteiger partial charge on any atom is -0.367 e. The van der Waals surface area contributed by atoms with Gasteiger partial charge in [-0.3, -0.25) is 9.97 Å². The second kappa shape index (κ2) is 7.75. The number of terminal acetylenes is 1. The van der Waals surface area contributed by atoms with Gasteiger partial charge in [-0.15, -0.1) is 12.3 Å². The number of aromatic nitrogens is 3. The normalized spacial score (nSPS) is 10.6. The van der Waals surface area contributed by atoms with Crippen LogP contribution in [0.2, 0.25) is 0 Å². The standard InChI is InChI=1S/C21H19FN4/c1-4-6-16-12-25-20(13-24-16)18-9-8-15(11-19(18)22)17-7-5-10-23-21(17)26-14(2)3/h1,5,7-14H,6H2,2-3H3,(H,23,26). The van der Waals surface area contributed by atoms with Crippen LogP contribution >= 0.6 is 0 Å². The quantitative estimate of drug-likeness (QED) is 0.698. The zero-order valence-electron chi connectivity index (χ0n) is 14.7. The van der Waals surface area contributed by atoms with Crippen molar-refractivity contribution in [3.8, 4) is 34.7 Å². The fourth-order valence-electron chi connectivity index (χ4n) is 2.61. The summed E-state index contributed by atoms with van der Waals surface area (Å²) < 4.78 is 14.7. The highest BCUT2D eigenvalue weighted by Crippen LogP contribution is 2.30. The third kappa shape index (κ3) is 3.86. The molecule has 0 aliphatic rings. The molecule has 1 N–H and O–H groups in total. The topological polar surface area (TPSA) is 50.7 Å². The van der Waals surface area contributed by atoms with Crippen molar-refractivity contribution in [3.63, 3.8) is 0 Å². The highest BCUT2D eigenvalue weighted by molar-refractivity contribution is 5.77. The van der Waals surface area contributed by atoms with Crippen molar-refractivity contribution in [1.82, 2.24) is 15.0 Å². The largest absolute Gasteiger partial charge is 0.367 e. The zero-order valence-corrected chi connectivity index (χ0v) is 14.7. The third-order valence-electron chi connectivity index (χ3n) is 3.78. The van der Waals surface area contributed by atoms with Crippen LogP contribution < -0.4 is 5.32 Å².